The quantitative estimate of drug-likeness (QED) is 0.768. The lowest BCUT2D eigenvalue weighted by atomic mass is 10.1. The van der Waals surface area contributed by atoms with Crippen LogP contribution in [0, 0.1) is 11.3 Å². The standard InChI is InChI=1S/C15H11NO2/c16-9-13-5-1-2-6-14(13)11-18-15-7-3-4-12(8-15)10-17/h1-8,10H,11H2. The summed E-state index contributed by atoms with van der Waals surface area (Å²) < 4.78 is 5.57. The van der Waals surface area contributed by atoms with E-state index in [9.17, 15) is 4.79 Å². The lowest BCUT2D eigenvalue weighted by Gasteiger charge is -2.07. The van der Waals surface area contributed by atoms with Gasteiger partial charge in [0.25, 0.3) is 0 Å². The molecule has 0 saturated carbocycles. The van der Waals surface area contributed by atoms with Crippen molar-refractivity contribution in [3.63, 3.8) is 0 Å². The molecule has 0 aromatic heterocycles. The van der Waals surface area contributed by atoms with Crippen LogP contribution < -0.4 is 4.74 Å². The molecule has 0 atom stereocenters. The smallest absolute Gasteiger partial charge is 0.150 e. The first-order valence-corrected chi connectivity index (χ1v) is 5.49. The summed E-state index contributed by atoms with van der Waals surface area (Å²) in [7, 11) is 0. The Kier molecular flexibility index (Phi) is 3.72. The Morgan fingerprint density at radius 2 is 2.00 bits per heavy atom. The van der Waals surface area contributed by atoms with Crippen molar-refractivity contribution in [3.8, 4) is 11.8 Å². The van der Waals surface area contributed by atoms with E-state index in [-0.39, 0.29) is 0 Å². The minimum absolute atomic E-state index is 0.312. The number of carbonyl (C=O) groups excluding carboxylic acids is 1. The largest absolute Gasteiger partial charge is 0.489 e. The normalized spacial score (nSPS) is 9.50. The van der Waals surface area contributed by atoms with E-state index in [1.807, 2.05) is 18.2 Å². The first-order valence-electron chi connectivity index (χ1n) is 5.49. The van der Waals surface area contributed by atoms with Crippen LogP contribution in [0.2, 0.25) is 0 Å². The van der Waals surface area contributed by atoms with Gasteiger partial charge in [0.15, 0.2) is 0 Å². The zero-order valence-corrected chi connectivity index (χ0v) is 9.67. The van der Waals surface area contributed by atoms with Gasteiger partial charge in [0, 0.05) is 11.1 Å². The van der Waals surface area contributed by atoms with E-state index >= 15 is 0 Å². The Bertz CT molecular complexity index is 599. The van der Waals surface area contributed by atoms with Crippen molar-refractivity contribution < 1.29 is 9.53 Å². The van der Waals surface area contributed by atoms with Crippen LogP contribution in [-0.4, -0.2) is 6.29 Å². The Labute approximate surface area is 105 Å². The highest BCUT2D eigenvalue weighted by Crippen LogP contribution is 2.15. The molecule has 2 aromatic rings. The number of nitrogens with zero attached hydrogens (tertiary/aromatic N) is 1. The lowest BCUT2D eigenvalue weighted by molar-refractivity contribution is 0.112. The number of carbonyl (C=O) groups is 1. The van der Waals surface area contributed by atoms with Gasteiger partial charge in [-0.15, -0.1) is 0 Å². The van der Waals surface area contributed by atoms with E-state index in [2.05, 4.69) is 6.07 Å². The van der Waals surface area contributed by atoms with Gasteiger partial charge >= 0.3 is 0 Å². The van der Waals surface area contributed by atoms with Gasteiger partial charge in [-0.25, -0.2) is 0 Å². The van der Waals surface area contributed by atoms with Gasteiger partial charge in [-0.1, -0.05) is 30.3 Å². The molecule has 88 valence electrons. The number of nitriles is 1. The van der Waals surface area contributed by atoms with Crippen molar-refractivity contribution in [1.82, 2.24) is 0 Å². The SMILES string of the molecule is N#Cc1ccccc1COc1cccc(C=O)c1. The van der Waals surface area contributed by atoms with Crippen LogP contribution in [0.5, 0.6) is 5.75 Å². The molecule has 0 aliphatic rings. The lowest BCUT2D eigenvalue weighted by Crippen LogP contribution is -1.98. The summed E-state index contributed by atoms with van der Waals surface area (Å²) in [5.74, 6) is 0.618. The molecular formula is C15H11NO2. The molecule has 0 aliphatic heterocycles. The molecule has 2 rings (SSSR count). The molecular weight excluding hydrogens is 226 g/mol. The van der Waals surface area contributed by atoms with Crippen LogP contribution >= 0.6 is 0 Å². The monoisotopic (exact) mass is 237 g/mol. The summed E-state index contributed by atoms with van der Waals surface area (Å²) in [6.07, 6.45) is 0.774. The second kappa shape index (κ2) is 5.65. The molecule has 0 radical (unpaired) electrons. The maximum absolute atomic E-state index is 10.6. The zero-order chi connectivity index (χ0) is 12.8. The number of aldehydes is 1. The molecule has 0 aliphatic carbocycles. The summed E-state index contributed by atoms with van der Waals surface area (Å²) in [6.45, 7) is 0.312. The Morgan fingerprint density at radius 1 is 1.17 bits per heavy atom. The van der Waals surface area contributed by atoms with Crippen molar-refractivity contribution in [1.29, 1.82) is 5.26 Å². The third-order valence-electron chi connectivity index (χ3n) is 2.53. The Hall–Kier alpha value is -2.60. The Balaban J connectivity index is 2.11. The average molecular weight is 237 g/mol. The number of ether oxygens (including phenoxy) is 1. The highest BCUT2D eigenvalue weighted by molar-refractivity contribution is 5.75. The molecule has 0 N–H and O–H groups in total. The topological polar surface area (TPSA) is 50.1 Å². The van der Waals surface area contributed by atoms with Gasteiger partial charge in [0.2, 0.25) is 0 Å². The number of rotatable bonds is 4. The first-order chi connectivity index (χ1) is 8.83. The molecule has 2 aromatic carbocycles. The van der Waals surface area contributed by atoms with Crippen LogP contribution in [0.1, 0.15) is 21.5 Å². The molecule has 0 amide bonds. The fraction of sp³-hybridized carbons (Fsp3) is 0.0667. The highest BCUT2D eigenvalue weighted by Gasteiger charge is 2.02. The van der Waals surface area contributed by atoms with Crippen LogP contribution in [0.25, 0.3) is 0 Å². The number of benzene rings is 2. The molecule has 3 nitrogen and oxygen atoms in total. The van der Waals surface area contributed by atoms with Gasteiger partial charge in [-0.05, 0) is 18.2 Å². The molecule has 0 spiro atoms. The van der Waals surface area contributed by atoms with Crippen molar-refractivity contribution in [2.75, 3.05) is 0 Å². The molecule has 0 saturated heterocycles. The summed E-state index contributed by atoms with van der Waals surface area (Å²) in [5, 5.41) is 8.95. The van der Waals surface area contributed by atoms with Crippen molar-refractivity contribution in [2.24, 2.45) is 0 Å². The third kappa shape index (κ3) is 2.74. The summed E-state index contributed by atoms with van der Waals surface area (Å²) in [5.41, 5.74) is 2.00. The van der Waals surface area contributed by atoms with Crippen LogP contribution in [-0.2, 0) is 6.61 Å². The fourth-order valence-electron chi connectivity index (χ4n) is 1.59. The van der Waals surface area contributed by atoms with Gasteiger partial charge in [-0.2, -0.15) is 5.26 Å². The summed E-state index contributed by atoms with van der Waals surface area (Å²) in [4.78, 5) is 10.6. The van der Waals surface area contributed by atoms with Crippen LogP contribution in [0.4, 0.5) is 0 Å². The highest BCUT2D eigenvalue weighted by atomic mass is 16.5. The van der Waals surface area contributed by atoms with E-state index in [0.717, 1.165) is 11.8 Å². The van der Waals surface area contributed by atoms with E-state index in [4.69, 9.17) is 10.00 Å². The maximum atomic E-state index is 10.6. The maximum Gasteiger partial charge on any atom is 0.150 e. The van der Waals surface area contributed by atoms with Gasteiger partial charge in [-0.3, -0.25) is 4.79 Å². The average Bonchev–Trinajstić information content (AvgIpc) is 2.45. The van der Waals surface area contributed by atoms with Crippen molar-refractivity contribution >= 4 is 6.29 Å². The summed E-state index contributed by atoms with van der Waals surface area (Å²) in [6, 6.07) is 16.3. The molecule has 3 heteroatoms. The second-order valence-electron chi connectivity index (χ2n) is 3.75. The fourth-order valence-corrected chi connectivity index (χ4v) is 1.59. The minimum atomic E-state index is 0.312. The molecule has 18 heavy (non-hydrogen) atoms. The number of hydrogen-bond acceptors (Lipinski definition) is 3. The number of hydrogen-bond donors (Lipinski definition) is 0. The van der Waals surface area contributed by atoms with Gasteiger partial charge in [0.1, 0.15) is 18.6 Å². The van der Waals surface area contributed by atoms with Crippen molar-refractivity contribution in [2.45, 2.75) is 6.61 Å². The second-order valence-corrected chi connectivity index (χ2v) is 3.75. The van der Waals surface area contributed by atoms with Gasteiger partial charge < -0.3 is 4.74 Å². The summed E-state index contributed by atoms with van der Waals surface area (Å²) >= 11 is 0. The van der Waals surface area contributed by atoms with E-state index < -0.39 is 0 Å². The zero-order valence-electron chi connectivity index (χ0n) is 9.67. The first kappa shape index (κ1) is 11.9. The van der Waals surface area contributed by atoms with E-state index in [0.29, 0.717) is 23.5 Å². The predicted molar refractivity (Wildman–Crippen MR) is 67.3 cm³/mol. The van der Waals surface area contributed by atoms with E-state index in [1.54, 1.807) is 30.3 Å². The molecule has 0 bridgehead atoms. The minimum Gasteiger partial charge on any atom is -0.489 e. The Morgan fingerprint density at radius 3 is 2.78 bits per heavy atom. The molecule has 0 heterocycles. The third-order valence-corrected chi connectivity index (χ3v) is 2.53. The molecule has 0 fully saturated rings. The predicted octanol–water partition coefficient (Wildman–Crippen LogP) is 2.95. The van der Waals surface area contributed by atoms with Crippen LogP contribution in [0.15, 0.2) is 48.5 Å². The van der Waals surface area contributed by atoms with E-state index in [1.165, 1.54) is 0 Å². The van der Waals surface area contributed by atoms with Gasteiger partial charge in [0.05, 0.1) is 11.6 Å². The van der Waals surface area contributed by atoms with Crippen molar-refractivity contribution in [3.05, 3.63) is 65.2 Å². The molecule has 0 unspecified atom stereocenters. The van der Waals surface area contributed by atoms with Crippen LogP contribution in [0.3, 0.4) is 0 Å².